The zero-order valence-electron chi connectivity index (χ0n) is 11.8. The van der Waals surface area contributed by atoms with Crippen molar-refractivity contribution >= 4 is 27.8 Å². The predicted octanol–water partition coefficient (Wildman–Crippen LogP) is 2.65. The first-order valence-electron chi connectivity index (χ1n) is 6.78. The zero-order valence-corrected chi connectivity index (χ0v) is 13.4. The van der Waals surface area contributed by atoms with Gasteiger partial charge in [0.1, 0.15) is 0 Å². The number of carbonyl (C=O) groups excluding carboxylic acids is 1. The van der Waals surface area contributed by atoms with Gasteiger partial charge in [-0.2, -0.15) is 0 Å². The molecule has 1 amide bonds. The minimum atomic E-state index is -1.08. The Morgan fingerprint density at radius 2 is 2.00 bits per heavy atom. The third kappa shape index (κ3) is 3.83. The Labute approximate surface area is 131 Å². The summed E-state index contributed by atoms with van der Waals surface area (Å²) < 4.78 is 6.25. The van der Waals surface area contributed by atoms with Crippen LogP contribution in [-0.4, -0.2) is 29.7 Å². The zero-order chi connectivity index (χ0) is 15.5. The van der Waals surface area contributed by atoms with Crippen LogP contribution in [0.3, 0.4) is 0 Å². The monoisotopic (exact) mass is 355 g/mol. The predicted molar refractivity (Wildman–Crippen MR) is 80.9 cm³/mol. The van der Waals surface area contributed by atoms with E-state index >= 15 is 0 Å². The number of carboxylic acids is 1. The Bertz CT molecular complexity index is 519. The normalized spacial score (nSPS) is 17.6. The average molecular weight is 356 g/mol. The number of halogens is 1. The number of rotatable bonds is 6. The van der Waals surface area contributed by atoms with E-state index in [1.807, 2.05) is 0 Å². The number of ether oxygens (including phenoxy) is 1. The van der Waals surface area contributed by atoms with Crippen molar-refractivity contribution in [2.45, 2.75) is 37.3 Å². The highest BCUT2D eigenvalue weighted by molar-refractivity contribution is 9.10. The molecule has 1 aromatic rings. The first-order valence-corrected chi connectivity index (χ1v) is 7.58. The van der Waals surface area contributed by atoms with Crippen molar-refractivity contribution in [1.82, 2.24) is 5.32 Å². The van der Waals surface area contributed by atoms with E-state index in [-0.39, 0.29) is 12.3 Å². The fraction of sp³-hybridized carbons (Fsp3) is 0.467. The molecule has 2 N–H and O–H groups in total. The molecule has 1 aromatic carbocycles. The van der Waals surface area contributed by atoms with Crippen LogP contribution in [0.4, 0.5) is 0 Å². The molecule has 0 radical (unpaired) electrons. The number of carboxylic acid groups (broad SMARTS) is 1. The van der Waals surface area contributed by atoms with E-state index in [1.165, 1.54) is 0 Å². The van der Waals surface area contributed by atoms with Crippen LogP contribution in [0.15, 0.2) is 28.7 Å². The maximum absolute atomic E-state index is 12.1. The van der Waals surface area contributed by atoms with Crippen LogP contribution in [0.25, 0.3) is 0 Å². The minimum absolute atomic E-state index is 0.198. The maximum atomic E-state index is 12.1. The van der Waals surface area contributed by atoms with E-state index in [2.05, 4.69) is 21.2 Å². The van der Waals surface area contributed by atoms with Gasteiger partial charge in [0.15, 0.2) is 6.04 Å². The molecule has 114 valence electrons. The smallest absolute Gasteiger partial charge is 0.330 e. The molecule has 0 heterocycles. The van der Waals surface area contributed by atoms with E-state index in [0.29, 0.717) is 5.56 Å². The highest BCUT2D eigenvalue weighted by Crippen LogP contribution is 2.38. The Kier molecular flexibility index (Phi) is 5.00. The van der Waals surface area contributed by atoms with E-state index < -0.39 is 17.6 Å². The van der Waals surface area contributed by atoms with Crippen LogP contribution < -0.4 is 5.32 Å². The molecular formula is C15H18BrNO4. The van der Waals surface area contributed by atoms with Gasteiger partial charge in [0.25, 0.3) is 0 Å². The standard InChI is InChI=1S/C15H18BrNO4/c1-21-15(7-2-8-15)9-12(18)17-13(14(19)20)10-3-5-11(16)6-4-10/h3-6,13H,2,7-9H2,1H3,(H,17,18)(H,19,20). The molecule has 0 spiro atoms. The van der Waals surface area contributed by atoms with Crippen molar-refractivity contribution in [3.8, 4) is 0 Å². The van der Waals surface area contributed by atoms with Gasteiger partial charge in [-0.15, -0.1) is 0 Å². The molecule has 1 aliphatic carbocycles. The highest BCUT2D eigenvalue weighted by Gasteiger charge is 2.39. The number of methoxy groups -OCH3 is 1. The van der Waals surface area contributed by atoms with E-state index in [0.717, 1.165) is 23.7 Å². The van der Waals surface area contributed by atoms with Crippen LogP contribution in [0.5, 0.6) is 0 Å². The molecule has 0 saturated heterocycles. The number of hydrogen-bond acceptors (Lipinski definition) is 3. The summed E-state index contributed by atoms with van der Waals surface area (Å²) in [6.45, 7) is 0. The Morgan fingerprint density at radius 3 is 2.43 bits per heavy atom. The number of aliphatic carboxylic acids is 1. The summed E-state index contributed by atoms with van der Waals surface area (Å²) in [5, 5.41) is 11.9. The lowest BCUT2D eigenvalue weighted by molar-refractivity contribution is -0.145. The molecule has 1 fully saturated rings. The van der Waals surface area contributed by atoms with Gasteiger partial charge in [-0.05, 0) is 37.0 Å². The van der Waals surface area contributed by atoms with Crippen LogP contribution >= 0.6 is 15.9 Å². The third-order valence-electron chi connectivity index (χ3n) is 3.94. The van der Waals surface area contributed by atoms with Gasteiger partial charge in [0, 0.05) is 11.6 Å². The molecule has 6 heteroatoms. The fourth-order valence-corrected chi connectivity index (χ4v) is 2.74. The van der Waals surface area contributed by atoms with E-state index in [1.54, 1.807) is 31.4 Å². The van der Waals surface area contributed by atoms with Crippen LogP contribution in [-0.2, 0) is 14.3 Å². The second-order valence-corrected chi connectivity index (χ2v) is 6.22. The summed E-state index contributed by atoms with van der Waals surface area (Å²) in [6.07, 6.45) is 2.92. The van der Waals surface area contributed by atoms with Crippen molar-refractivity contribution in [1.29, 1.82) is 0 Å². The third-order valence-corrected chi connectivity index (χ3v) is 4.46. The quantitative estimate of drug-likeness (QED) is 0.822. The molecule has 5 nitrogen and oxygen atoms in total. The number of hydrogen-bond donors (Lipinski definition) is 2. The van der Waals surface area contributed by atoms with Gasteiger partial charge < -0.3 is 15.2 Å². The van der Waals surface area contributed by atoms with Gasteiger partial charge >= 0.3 is 5.97 Å². The molecule has 0 aliphatic heterocycles. The first kappa shape index (κ1) is 16.0. The van der Waals surface area contributed by atoms with Gasteiger partial charge in [0.2, 0.25) is 5.91 Å². The second-order valence-electron chi connectivity index (χ2n) is 5.31. The summed E-state index contributed by atoms with van der Waals surface area (Å²) in [5.41, 5.74) is 0.131. The van der Waals surface area contributed by atoms with Crippen molar-refractivity contribution in [3.63, 3.8) is 0 Å². The van der Waals surface area contributed by atoms with E-state index in [9.17, 15) is 14.7 Å². The maximum Gasteiger partial charge on any atom is 0.330 e. The molecule has 21 heavy (non-hydrogen) atoms. The van der Waals surface area contributed by atoms with Gasteiger partial charge in [0.05, 0.1) is 12.0 Å². The Balaban J connectivity index is 2.04. The van der Waals surface area contributed by atoms with Crippen molar-refractivity contribution < 1.29 is 19.4 Å². The second kappa shape index (κ2) is 6.58. The topological polar surface area (TPSA) is 75.6 Å². The molecule has 1 aliphatic rings. The summed E-state index contributed by atoms with van der Waals surface area (Å²) in [6, 6.07) is 5.82. The highest BCUT2D eigenvalue weighted by atomic mass is 79.9. The van der Waals surface area contributed by atoms with Crippen molar-refractivity contribution in [2.24, 2.45) is 0 Å². The molecule has 2 rings (SSSR count). The van der Waals surface area contributed by atoms with E-state index in [4.69, 9.17) is 4.74 Å². The lowest BCUT2D eigenvalue weighted by Gasteiger charge is -2.40. The van der Waals surface area contributed by atoms with Crippen LogP contribution in [0.2, 0.25) is 0 Å². The summed E-state index contributed by atoms with van der Waals surface area (Å²) >= 11 is 3.30. The molecule has 1 atom stereocenters. The van der Waals surface area contributed by atoms with Crippen molar-refractivity contribution in [2.75, 3.05) is 7.11 Å². The molecular weight excluding hydrogens is 338 g/mol. The number of carbonyl (C=O) groups is 2. The lowest BCUT2D eigenvalue weighted by atomic mass is 9.77. The molecule has 1 saturated carbocycles. The SMILES string of the molecule is COC1(CC(=O)NC(C(=O)O)c2ccc(Br)cc2)CCC1. The number of amides is 1. The first-order chi connectivity index (χ1) is 9.96. The lowest BCUT2D eigenvalue weighted by Crippen LogP contribution is -2.45. The summed E-state index contributed by atoms with van der Waals surface area (Å²) in [7, 11) is 1.59. The molecule has 0 bridgehead atoms. The summed E-state index contributed by atoms with van der Waals surface area (Å²) in [4.78, 5) is 23.5. The molecule has 1 unspecified atom stereocenters. The van der Waals surface area contributed by atoms with Crippen LogP contribution in [0, 0.1) is 0 Å². The van der Waals surface area contributed by atoms with Gasteiger partial charge in [-0.1, -0.05) is 28.1 Å². The fourth-order valence-electron chi connectivity index (χ4n) is 2.47. The van der Waals surface area contributed by atoms with Crippen molar-refractivity contribution in [3.05, 3.63) is 34.3 Å². The average Bonchev–Trinajstić information content (AvgIpc) is 2.41. The summed E-state index contributed by atoms with van der Waals surface area (Å²) in [5.74, 6) is -1.38. The molecule has 0 aromatic heterocycles. The number of benzene rings is 1. The van der Waals surface area contributed by atoms with Gasteiger partial charge in [-0.25, -0.2) is 4.79 Å². The van der Waals surface area contributed by atoms with Crippen LogP contribution in [0.1, 0.15) is 37.3 Å². The van der Waals surface area contributed by atoms with Gasteiger partial charge in [-0.3, -0.25) is 4.79 Å². The Hall–Kier alpha value is -1.40. The number of nitrogens with one attached hydrogen (secondary N) is 1. The Morgan fingerprint density at radius 1 is 1.38 bits per heavy atom. The minimum Gasteiger partial charge on any atom is -0.479 e. The largest absolute Gasteiger partial charge is 0.479 e.